The van der Waals surface area contributed by atoms with Gasteiger partial charge < -0.3 is 0 Å². The molecule has 5 rings (SSSR count). The quantitative estimate of drug-likeness (QED) is 0.183. The molecule has 0 unspecified atom stereocenters. The number of ether oxygens (including phenoxy) is 1. The van der Waals surface area contributed by atoms with Crippen molar-refractivity contribution in [2.75, 3.05) is 26.0 Å². The third-order valence-electron chi connectivity index (χ3n) is 6.03. The number of anilines is 1. The molecule has 5 heterocycles. The molecule has 1 fully saturated rings. The van der Waals surface area contributed by atoms with E-state index in [0.717, 1.165) is 43.9 Å². The molecule has 1 aliphatic rings. The van der Waals surface area contributed by atoms with Gasteiger partial charge >= 0.3 is 191 Å². The van der Waals surface area contributed by atoms with Crippen LogP contribution < -0.4 is 13.6 Å². The number of aliphatic hydroxyl groups is 1. The zero-order valence-electron chi connectivity index (χ0n) is 19.4. The number of rotatable bonds is 6. The van der Waals surface area contributed by atoms with Gasteiger partial charge in [0.1, 0.15) is 0 Å². The predicted molar refractivity (Wildman–Crippen MR) is 139 cm³/mol. The summed E-state index contributed by atoms with van der Waals surface area (Å²) in [4.78, 5) is 17.1. The van der Waals surface area contributed by atoms with E-state index in [-0.39, 0.29) is 5.91 Å². The monoisotopic (exact) mass is 577 g/mol. The van der Waals surface area contributed by atoms with Crippen LogP contribution in [-0.4, -0.2) is 63.3 Å². The Balaban J connectivity index is 1.49. The number of hydrogen-bond acceptors (Lipinski definition) is 7. The fourth-order valence-electron chi connectivity index (χ4n) is 4.06. The first kappa shape index (κ1) is 22.8. The zero-order chi connectivity index (χ0) is 23.9. The van der Waals surface area contributed by atoms with Crippen molar-refractivity contribution in [2.45, 2.75) is 32.3 Å². The van der Waals surface area contributed by atoms with Crippen LogP contribution in [-0.2, 0) is 0 Å². The maximum absolute atomic E-state index is 12.4. The molecule has 0 spiro atoms. The molecular weight excluding hydrogens is 549 g/mol. The summed E-state index contributed by atoms with van der Waals surface area (Å²) in [7, 11) is 1.60. The van der Waals surface area contributed by atoms with Gasteiger partial charge in [-0.05, 0) is 6.92 Å². The van der Waals surface area contributed by atoms with E-state index >= 15 is 0 Å². The van der Waals surface area contributed by atoms with Gasteiger partial charge in [-0.2, -0.15) is 0 Å². The van der Waals surface area contributed by atoms with Crippen LogP contribution >= 0.6 is 20.1 Å². The summed E-state index contributed by atoms with van der Waals surface area (Å²) < 4.78 is 14.7. The van der Waals surface area contributed by atoms with Gasteiger partial charge in [-0.3, -0.25) is 0 Å². The molecule has 0 bridgehead atoms. The Bertz CT molecular complexity index is 1350. The van der Waals surface area contributed by atoms with Crippen molar-refractivity contribution in [1.29, 1.82) is 0 Å². The second-order valence-electron chi connectivity index (χ2n) is 8.56. The number of halogens is 1. The van der Waals surface area contributed by atoms with Gasteiger partial charge in [0.2, 0.25) is 0 Å². The van der Waals surface area contributed by atoms with Crippen LogP contribution in [0.25, 0.3) is 22.2 Å². The Kier molecular flexibility index (Phi) is 6.06. The molecular formula is C23H28IN7O3. The van der Waals surface area contributed by atoms with Crippen molar-refractivity contribution in [1.82, 2.24) is 29.5 Å². The minimum atomic E-state index is -1.49. The molecule has 10 nitrogen and oxygen atoms in total. The number of pyridine rings is 1. The first-order valence-electron chi connectivity index (χ1n) is 11.2. The topological polar surface area (TPSA) is 118 Å². The van der Waals surface area contributed by atoms with E-state index in [1.165, 1.54) is 0 Å². The van der Waals surface area contributed by atoms with Crippen molar-refractivity contribution < 1.29 is 14.6 Å². The average Bonchev–Trinajstić information content (AvgIpc) is 3.44. The first-order valence-corrected chi connectivity index (χ1v) is 15.3. The average molecular weight is 577 g/mol. The van der Waals surface area contributed by atoms with Crippen molar-refractivity contribution in [3.63, 3.8) is 0 Å². The number of nitrogens with one attached hydrogen (secondary N) is 2. The molecule has 1 saturated heterocycles. The number of alkyl halides is 2. The van der Waals surface area contributed by atoms with Crippen molar-refractivity contribution >= 4 is 43.0 Å². The van der Waals surface area contributed by atoms with E-state index in [4.69, 9.17) is 9.84 Å². The summed E-state index contributed by atoms with van der Waals surface area (Å²) >= 11 is -1.49. The van der Waals surface area contributed by atoms with Crippen LogP contribution in [0, 0.1) is 0 Å². The van der Waals surface area contributed by atoms with E-state index < -0.39 is 25.7 Å². The van der Waals surface area contributed by atoms with Crippen LogP contribution in [0.2, 0.25) is 0 Å². The molecule has 0 radical (unpaired) electrons. The van der Waals surface area contributed by atoms with Gasteiger partial charge in [0.25, 0.3) is 0 Å². The van der Waals surface area contributed by atoms with Crippen LogP contribution in [0.15, 0.2) is 36.8 Å². The fourth-order valence-corrected chi connectivity index (χ4v) is 9.67. The Morgan fingerprint density at radius 3 is 2.76 bits per heavy atom. The van der Waals surface area contributed by atoms with E-state index in [0.29, 0.717) is 23.9 Å². The Hall–Kier alpha value is -2.93. The SMILES string of the molecule is CCNC(=O)c1cnn2ccc(-c3ccn4nc(NI5CCC(C)(O)CC5)nc(OC)c34)cc12. The van der Waals surface area contributed by atoms with Crippen LogP contribution in [0.1, 0.15) is 37.0 Å². The second kappa shape index (κ2) is 9.02. The van der Waals surface area contributed by atoms with Crippen molar-refractivity contribution in [2.24, 2.45) is 0 Å². The van der Waals surface area contributed by atoms with E-state index in [1.54, 1.807) is 22.3 Å². The van der Waals surface area contributed by atoms with E-state index in [1.807, 2.05) is 44.4 Å². The molecule has 1 amide bonds. The molecule has 3 N–H and O–H groups in total. The summed E-state index contributed by atoms with van der Waals surface area (Å²) in [5.41, 5.74) is 3.27. The summed E-state index contributed by atoms with van der Waals surface area (Å²) in [6.45, 7) is 4.35. The molecule has 34 heavy (non-hydrogen) atoms. The number of aromatic nitrogens is 5. The normalized spacial score (nSPS) is 16.6. The number of amides is 1. The number of fused-ring (bicyclic) bond motifs is 2. The molecule has 0 saturated carbocycles. The van der Waals surface area contributed by atoms with Crippen molar-refractivity contribution in [3.05, 3.63) is 42.4 Å². The van der Waals surface area contributed by atoms with Gasteiger partial charge in [0.15, 0.2) is 0 Å². The number of methoxy groups -OCH3 is 1. The summed E-state index contributed by atoms with van der Waals surface area (Å²) in [6.07, 6.45) is 6.93. The molecule has 4 aromatic heterocycles. The molecule has 4 aromatic rings. The Morgan fingerprint density at radius 2 is 2.03 bits per heavy atom. The van der Waals surface area contributed by atoms with Crippen LogP contribution in [0.3, 0.4) is 0 Å². The molecule has 11 heteroatoms. The van der Waals surface area contributed by atoms with Gasteiger partial charge in [-0.15, -0.1) is 0 Å². The van der Waals surface area contributed by atoms with E-state index in [2.05, 4.69) is 18.9 Å². The second-order valence-corrected chi connectivity index (χ2v) is 13.9. The summed E-state index contributed by atoms with van der Waals surface area (Å²) in [5, 5.41) is 22.1. The third kappa shape index (κ3) is 4.29. The van der Waals surface area contributed by atoms with Gasteiger partial charge in [0, 0.05) is 6.54 Å². The van der Waals surface area contributed by atoms with Crippen LogP contribution in [0.5, 0.6) is 5.88 Å². The van der Waals surface area contributed by atoms with Crippen molar-refractivity contribution in [3.8, 4) is 17.0 Å². The van der Waals surface area contributed by atoms with Gasteiger partial charge in [-0.1, -0.05) is 0 Å². The first-order chi connectivity index (χ1) is 16.4. The standard InChI is InChI=1S/C23H28IN7O3/c1-4-25-20(32)17-14-26-30-11-5-15(13-18(17)30)16-6-12-31-19(16)21(34-3)27-22(29-31)28-24-9-7-23(2,33)8-10-24/h5-6,11-14,33H,4,7-10H2,1-3H3,(H,25,32)(H,28,29). The number of carbonyl (C=O) groups is 1. The Morgan fingerprint density at radius 1 is 1.26 bits per heavy atom. The number of carbonyl (C=O) groups excluding carboxylic acids is 1. The zero-order valence-corrected chi connectivity index (χ0v) is 21.5. The van der Waals surface area contributed by atoms with Gasteiger partial charge in [0.05, 0.1) is 0 Å². The van der Waals surface area contributed by atoms with Crippen LogP contribution in [0.4, 0.5) is 5.95 Å². The molecule has 180 valence electrons. The Labute approximate surface area is 204 Å². The van der Waals surface area contributed by atoms with E-state index in [9.17, 15) is 9.90 Å². The summed E-state index contributed by atoms with van der Waals surface area (Å²) in [6, 6.07) is 5.87. The van der Waals surface area contributed by atoms with Gasteiger partial charge in [-0.25, -0.2) is 0 Å². The minimum absolute atomic E-state index is 0.151. The third-order valence-corrected chi connectivity index (χ3v) is 11.0. The molecule has 0 aliphatic carbocycles. The maximum atomic E-state index is 12.4. The predicted octanol–water partition coefficient (Wildman–Crippen LogP) is 3.18. The molecule has 0 aromatic carbocycles. The fraction of sp³-hybridized carbons (Fsp3) is 0.391. The summed E-state index contributed by atoms with van der Waals surface area (Å²) in [5.74, 6) is 0.889. The molecule has 0 atom stereocenters. The number of nitrogens with zero attached hydrogens (tertiary/aromatic N) is 5. The molecule has 1 aliphatic heterocycles. The number of hydrogen-bond donors (Lipinski definition) is 3.